The second kappa shape index (κ2) is 21.7. The van der Waals surface area contributed by atoms with Crippen LogP contribution in [-0.2, 0) is 33.5 Å². The van der Waals surface area contributed by atoms with Crippen molar-refractivity contribution in [3.8, 4) is 0 Å². The predicted octanol–water partition coefficient (Wildman–Crippen LogP) is 1.16. The highest BCUT2D eigenvalue weighted by molar-refractivity contribution is 5.96. The van der Waals surface area contributed by atoms with Crippen LogP contribution in [0.25, 0.3) is 0 Å². The summed E-state index contributed by atoms with van der Waals surface area (Å²) in [5, 5.41) is 30.1. The first-order chi connectivity index (χ1) is 22.6. The van der Waals surface area contributed by atoms with Gasteiger partial charge >= 0.3 is 5.97 Å². The van der Waals surface area contributed by atoms with E-state index < -0.39 is 96.9 Å². The van der Waals surface area contributed by atoms with Crippen LogP contribution >= 0.6 is 0 Å². The number of nitrogens with zero attached hydrogens (tertiary/aromatic N) is 1. The van der Waals surface area contributed by atoms with Gasteiger partial charge in [0.25, 0.3) is 0 Å². The molecule has 14 nitrogen and oxygen atoms in total. The minimum absolute atomic E-state index is 0.00604. The highest BCUT2D eigenvalue weighted by Gasteiger charge is 2.38. The average Bonchev–Trinajstić information content (AvgIpc) is 3.04. The van der Waals surface area contributed by atoms with Gasteiger partial charge in [0, 0.05) is 7.05 Å². The number of aliphatic hydroxyl groups excluding tert-OH is 2. The molecular formula is C34H61N5O9. The number of hydrogen-bond acceptors (Lipinski definition) is 9. The van der Waals surface area contributed by atoms with Crippen LogP contribution in [0.2, 0.25) is 0 Å². The Morgan fingerprint density at radius 2 is 1.44 bits per heavy atom. The van der Waals surface area contributed by atoms with Gasteiger partial charge in [0.1, 0.15) is 36.8 Å². The number of carbonyl (C=O) groups is 6. The lowest BCUT2D eigenvalue weighted by atomic mass is 9.94. The van der Waals surface area contributed by atoms with E-state index in [1.54, 1.807) is 13.8 Å². The highest BCUT2D eigenvalue weighted by atomic mass is 16.5. The smallest absolute Gasteiger partial charge is 0.325 e. The number of likely N-dealkylation sites (N-methyl/N-ethyl adjacent to an activating group) is 1. The van der Waals surface area contributed by atoms with Crippen LogP contribution in [0.5, 0.6) is 0 Å². The van der Waals surface area contributed by atoms with Gasteiger partial charge in [0.05, 0.1) is 18.6 Å². The van der Waals surface area contributed by atoms with Crippen molar-refractivity contribution in [2.45, 2.75) is 143 Å². The number of hydrogen-bond donors (Lipinski definition) is 6. The first-order valence-electron chi connectivity index (χ1n) is 17.5. The molecule has 8 atom stereocenters. The van der Waals surface area contributed by atoms with E-state index in [4.69, 9.17) is 4.74 Å². The lowest BCUT2D eigenvalue weighted by Crippen LogP contribution is -2.61. The third-order valence-corrected chi connectivity index (χ3v) is 8.96. The maximum atomic E-state index is 13.9. The maximum Gasteiger partial charge on any atom is 0.325 e. The van der Waals surface area contributed by atoms with Crippen molar-refractivity contribution >= 4 is 35.5 Å². The van der Waals surface area contributed by atoms with Gasteiger partial charge in [0.2, 0.25) is 29.5 Å². The van der Waals surface area contributed by atoms with Gasteiger partial charge in [0.15, 0.2) is 0 Å². The number of nitrogens with one attached hydrogen (secondary N) is 4. The third kappa shape index (κ3) is 13.7. The molecule has 1 fully saturated rings. The molecule has 1 aliphatic rings. The van der Waals surface area contributed by atoms with Gasteiger partial charge in [-0.2, -0.15) is 0 Å². The Labute approximate surface area is 285 Å². The quantitative estimate of drug-likeness (QED) is 0.122. The van der Waals surface area contributed by atoms with Crippen molar-refractivity contribution in [2.24, 2.45) is 17.8 Å². The number of carbonyl (C=O) groups excluding carboxylic acids is 6. The van der Waals surface area contributed by atoms with Crippen LogP contribution in [0.4, 0.5) is 0 Å². The fraction of sp³-hybridized carbons (Fsp3) is 0.824. The van der Waals surface area contributed by atoms with Gasteiger partial charge in [-0.15, -0.1) is 0 Å². The number of unbranched alkanes of at least 4 members (excludes halogenated alkanes) is 5. The summed E-state index contributed by atoms with van der Waals surface area (Å²) in [5.74, 6) is -5.64. The summed E-state index contributed by atoms with van der Waals surface area (Å²) in [4.78, 5) is 81.7. The Morgan fingerprint density at radius 1 is 0.833 bits per heavy atom. The highest BCUT2D eigenvalue weighted by Crippen LogP contribution is 2.22. The molecule has 1 saturated heterocycles. The molecule has 0 spiro atoms. The predicted molar refractivity (Wildman–Crippen MR) is 180 cm³/mol. The standard InChI is InChI=1S/C34H61N5O9/c1-9-11-12-13-14-15-16-26-22(6)34(47)39(8)25(17-20(3)4)31(44)37-28(21(5)10-2)33(46)36-24(19-40)30(43)38-29(23(7)41)32(45)35-18-27(42)48-26/h20-26,28-29,40-41H,9-19H2,1-8H3,(H,35,45)(H,36,46)(H,37,44)(H,38,43)/t21-,22?,23+,24+,25+,26?,28+,29+/m1/s1. The molecule has 2 unspecified atom stereocenters. The van der Waals surface area contributed by atoms with Crippen molar-refractivity contribution in [2.75, 3.05) is 20.2 Å². The molecule has 6 N–H and O–H groups in total. The van der Waals surface area contributed by atoms with E-state index in [0.29, 0.717) is 19.3 Å². The largest absolute Gasteiger partial charge is 0.460 e. The molecule has 276 valence electrons. The van der Waals surface area contributed by atoms with E-state index >= 15 is 0 Å². The van der Waals surface area contributed by atoms with Gasteiger partial charge in [-0.25, -0.2) is 0 Å². The van der Waals surface area contributed by atoms with Crippen molar-refractivity contribution < 1.29 is 43.7 Å². The van der Waals surface area contributed by atoms with Gasteiger partial charge in [-0.1, -0.05) is 80.1 Å². The molecule has 1 heterocycles. The first kappa shape index (κ1) is 42.8. The molecule has 5 amide bonds. The zero-order chi connectivity index (χ0) is 36.6. The number of esters is 1. The molecular weight excluding hydrogens is 622 g/mol. The van der Waals surface area contributed by atoms with E-state index in [9.17, 15) is 39.0 Å². The SMILES string of the molecule is CCCCCCCCC1OC(=O)CNC(=O)[C@H]([C@H](C)O)NC(=O)[C@H](CO)NC(=O)[C@H]([C@H](C)CC)NC(=O)[C@H](CC(C)C)N(C)C(=O)C1C. The van der Waals surface area contributed by atoms with Crippen LogP contribution < -0.4 is 21.3 Å². The topological polar surface area (TPSA) is 203 Å². The molecule has 48 heavy (non-hydrogen) atoms. The van der Waals surface area contributed by atoms with Crippen LogP contribution in [0, 0.1) is 17.8 Å². The number of cyclic esters (lactones) is 1. The molecule has 0 saturated carbocycles. The first-order valence-corrected chi connectivity index (χ1v) is 17.5. The molecule has 0 aromatic heterocycles. The number of aliphatic hydroxyl groups is 2. The van der Waals surface area contributed by atoms with Crippen molar-refractivity contribution in [1.29, 1.82) is 0 Å². The van der Waals surface area contributed by atoms with Crippen molar-refractivity contribution in [1.82, 2.24) is 26.2 Å². The number of ether oxygens (including phenoxy) is 1. The minimum Gasteiger partial charge on any atom is -0.460 e. The summed E-state index contributed by atoms with van der Waals surface area (Å²) >= 11 is 0. The molecule has 0 aromatic rings. The minimum atomic E-state index is -1.53. The molecule has 0 aliphatic carbocycles. The molecule has 0 bridgehead atoms. The zero-order valence-electron chi connectivity index (χ0n) is 30.2. The van der Waals surface area contributed by atoms with Crippen molar-refractivity contribution in [3.05, 3.63) is 0 Å². The zero-order valence-corrected chi connectivity index (χ0v) is 30.2. The van der Waals surface area contributed by atoms with Gasteiger partial charge in [-0.3, -0.25) is 28.8 Å². The van der Waals surface area contributed by atoms with Gasteiger partial charge in [-0.05, 0) is 38.0 Å². The molecule has 1 aliphatic heterocycles. The number of rotatable bonds is 13. The van der Waals surface area contributed by atoms with Crippen LogP contribution in [0.1, 0.15) is 106 Å². The average molecular weight is 684 g/mol. The van der Waals surface area contributed by atoms with E-state index in [-0.39, 0.29) is 12.3 Å². The lowest BCUT2D eigenvalue weighted by Gasteiger charge is -2.34. The van der Waals surface area contributed by atoms with Crippen molar-refractivity contribution in [3.63, 3.8) is 0 Å². The summed E-state index contributed by atoms with van der Waals surface area (Å²) in [6.45, 7) is 11.0. The Hall–Kier alpha value is -3.26. The van der Waals surface area contributed by atoms with Crippen LogP contribution in [0.15, 0.2) is 0 Å². The fourth-order valence-corrected chi connectivity index (χ4v) is 5.60. The Kier molecular flexibility index (Phi) is 19.3. The van der Waals surface area contributed by atoms with Gasteiger partial charge < -0.3 is 41.1 Å². The second-order valence-corrected chi connectivity index (χ2v) is 13.5. The molecule has 0 aromatic carbocycles. The molecule has 1 rings (SSSR count). The normalized spacial score (nSPS) is 27.1. The monoisotopic (exact) mass is 683 g/mol. The van der Waals surface area contributed by atoms with E-state index in [1.807, 2.05) is 20.8 Å². The van der Waals surface area contributed by atoms with Crippen LogP contribution in [-0.4, -0.2) is 107 Å². The Bertz CT molecular complexity index is 1070. The molecule has 0 radical (unpaired) electrons. The third-order valence-electron chi connectivity index (χ3n) is 8.96. The second-order valence-electron chi connectivity index (χ2n) is 13.5. The summed E-state index contributed by atoms with van der Waals surface area (Å²) < 4.78 is 5.76. The summed E-state index contributed by atoms with van der Waals surface area (Å²) in [5.41, 5.74) is 0. The lowest BCUT2D eigenvalue weighted by molar-refractivity contribution is -0.157. The van der Waals surface area contributed by atoms with E-state index in [2.05, 4.69) is 28.2 Å². The summed E-state index contributed by atoms with van der Waals surface area (Å²) in [7, 11) is 1.51. The summed E-state index contributed by atoms with van der Waals surface area (Å²) in [6.07, 6.45) is 4.75. The van der Waals surface area contributed by atoms with E-state index in [0.717, 1.165) is 32.1 Å². The number of amides is 5. The maximum absolute atomic E-state index is 13.9. The fourth-order valence-electron chi connectivity index (χ4n) is 5.60. The van der Waals surface area contributed by atoms with Crippen LogP contribution in [0.3, 0.4) is 0 Å². The van der Waals surface area contributed by atoms with E-state index in [1.165, 1.54) is 18.9 Å². The Balaban J connectivity index is 3.57. The Morgan fingerprint density at radius 3 is 2.00 bits per heavy atom. The summed E-state index contributed by atoms with van der Waals surface area (Å²) in [6, 6.07) is -5.15. The molecule has 14 heteroatoms.